The van der Waals surface area contributed by atoms with Crippen LogP contribution in [-0.4, -0.2) is 44.5 Å². The number of imide groups is 1. The zero-order valence-corrected chi connectivity index (χ0v) is 21.0. The van der Waals surface area contributed by atoms with Crippen molar-refractivity contribution in [1.29, 1.82) is 0 Å². The first kappa shape index (κ1) is 22.2. The van der Waals surface area contributed by atoms with E-state index in [4.69, 9.17) is 8.85 Å². The molecule has 2 aliphatic carbocycles. The molecule has 2 bridgehead atoms. The number of nitrogens with zero attached hydrogens (tertiary/aromatic N) is 1. The Morgan fingerprint density at radius 2 is 1.44 bits per heavy atom. The molecule has 178 valence electrons. The fraction of sp³-hybridized carbons (Fsp3) is 0.500. The summed E-state index contributed by atoms with van der Waals surface area (Å²) in [5.74, 6) is 0.261. The van der Waals surface area contributed by atoms with Crippen molar-refractivity contribution in [2.24, 2.45) is 22.7 Å². The summed E-state index contributed by atoms with van der Waals surface area (Å²) in [5, 5.41) is 2.13. The molecule has 2 heterocycles. The molecule has 0 N–H and O–H groups in total. The Morgan fingerprint density at radius 3 is 2.06 bits per heavy atom. The first-order chi connectivity index (χ1) is 16.5. The quantitative estimate of drug-likeness (QED) is 0.505. The normalized spacial score (nSPS) is 34.5. The molecule has 2 saturated carbocycles. The van der Waals surface area contributed by atoms with Crippen molar-refractivity contribution in [1.82, 2.24) is 4.90 Å². The lowest BCUT2D eigenvalue weighted by molar-refractivity contribution is -0.183. The summed E-state index contributed by atoms with van der Waals surface area (Å²) in [4.78, 5) is 29.7. The zero-order valence-electron chi connectivity index (χ0n) is 20.0. The van der Waals surface area contributed by atoms with E-state index in [1.165, 1.54) is 0 Å². The van der Waals surface area contributed by atoms with Crippen LogP contribution in [0.4, 0.5) is 0 Å². The van der Waals surface area contributed by atoms with Gasteiger partial charge in [0, 0.05) is 6.61 Å². The second kappa shape index (κ2) is 7.87. The molecular formula is C28H33NO4Si. The van der Waals surface area contributed by atoms with Crippen LogP contribution in [0.3, 0.4) is 0 Å². The molecule has 2 amide bonds. The second-order valence-electron chi connectivity index (χ2n) is 10.9. The van der Waals surface area contributed by atoms with E-state index in [0.29, 0.717) is 13.2 Å². The predicted octanol–water partition coefficient (Wildman–Crippen LogP) is 3.25. The number of rotatable bonds is 3. The standard InChI is InChI=1S/C28H33NO4Si/c1-20(2)24-19-33-34(22-11-5-3-6-12-22,23-13-7-4-8-14-23)32-18-21-17-27-15-9-10-16-28(21,27)26(31)29(24)25(27)30/h3-8,11-14,20-21,24H,9-10,15-19H2,1-2H3/t21-,24+,27+,28-/m0/s1. The van der Waals surface area contributed by atoms with Crippen LogP contribution in [0.1, 0.15) is 46.0 Å². The Hall–Kier alpha value is -2.28. The van der Waals surface area contributed by atoms with Gasteiger partial charge in [0.15, 0.2) is 0 Å². The molecule has 1 spiro atoms. The third kappa shape index (κ3) is 2.73. The van der Waals surface area contributed by atoms with Gasteiger partial charge < -0.3 is 8.85 Å². The summed E-state index contributed by atoms with van der Waals surface area (Å²) >= 11 is 0. The minimum absolute atomic E-state index is 0.0490. The molecule has 2 aromatic carbocycles. The van der Waals surface area contributed by atoms with Crippen molar-refractivity contribution in [2.45, 2.75) is 52.0 Å². The fourth-order valence-corrected chi connectivity index (χ4v) is 10.6. The Kier molecular flexibility index (Phi) is 5.14. The highest BCUT2D eigenvalue weighted by molar-refractivity contribution is 6.92. The lowest BCUT2D eigenvalue weighted by Crippen LogP contribution is -2.68. The summed E-state index contributed by atoms with van der Waals surface area (Å²) in [5.41, 5.74) is -1.10. The molecule has 0 aromatic heterocycles. The van der Waals surface area contributed by atoms with E-state index in [0.717, 1.165) is 42.5 Å². The van der Waals surface area contributed by atoms with Gasteiger partial charge in [0.1, 0.15) is 0 Å². The van der Waals surface area contributed by atoms with Crippen molar-refractivity contribution in [3.63, 3.8) is 0 Å². The molecule has 6 rings (SSSR count). The molecule has 4 fully saturated rings. The monoisotopic (exact) mass is 475 g/mol. The highest BCUT2D eigenvalue weighted by Crippen LogP contribution is 2.72. The highest BCUT2D eigenvalue weighted by atomic mass is 28.4. The van der Waals surface area contributed by atoms with Gasteiger partial charge in [-0.2, -0.15) is 0 Å². The van der Waals surface area contributed by atoms with Crippen LogP contribution in [0.25, 0.3) is 0 Å². The average molecular weight is 476 g/mol. The first-order valence-corrected chi connectivity index (χ1v) is 14.5. The number of hydrogen-bond acceptors (Lipinski definition) is 4. The molecule has 2 aliphatic heterocycles. The topological polar surface area (TPSA) is 55.8 Å². The summed E-state index contributed by atoms with van der Waals surface area (Å²) in [6, 6.07) is 20.3. The Balaban J connectivity index is 1.51. The van der Waals surface area contributed by atoms with Crippen molar-refractivity contribution in [2.75, 3.05) is 13.2 Å². The van der Waals surface area contributed by atoms with Crippen molar-refractivity contribution in [3.05, 3.63) is 60.7 Å². The van der Waals surface area contributed by atoms with Gasteiger partial charge in [-0.15, -0.1) is 0 Å². The van der Waals surface area contributed by atoms with E-state index in [-0.39, 0.29) is 29.7 Å². The van der Waals surface area contributed by atoms with E-state index in [9.17, 15) is 9.59 Å². The van der Waals surface area contributed by atoms with Crippen LogP contribution in [0.2, 0.25) is 0 Å². The van der Waals surface area contributed by atoms with Gasteiger partial charge in [0.05, 0.1) is 23.5 Å². The van der Waals surface area contributed by atoms with Gasteiger partial charge in [-0.25, -0.2) is 0 Å². The number of hydrogen-bond donors (Lipinski definition) is 0. The molecule has 34 heavy (non-hydrogen) atoms. The van der Waals surface area contributed by atoms with Crippen LogP contribution in [0, 0.1) is 22.7 Å². The molecule has 0 radical (unpaired) electrons. The van der Waals surface area contributed by atoms with Crippen molar-refractivity contribution < 1.29 is 18.4 Å². The number of benzene rings is 2. The second-order valence-corrected chi connectivity index (χ2v) is 13.9. The third-order valence-electron chi connectivity index (χ3n) is 9.15. The maximum absolute atomic E-state index is 14.0. The van der Waals surface area contributed by atoms with Crippen molar-refractivity contribution in [3.8, 4) is 0 Å². The lowest BCUT2D eigenvalue weighted by Gasteiger charge is -2.60. The van der Waals surface area contributed by atoms with Crippen LogP contribution >= 0.6 is 0 Å². The zero-order chi connectivity index (χ0) is 23.6. The van der Waals surface area contributed by atoms with Crippen LogP contribution in [0.15, 0.2) is 60.7 Å². The Labute approximate surface area is 202 Å². The predicted molar refractivity (Wildman–Crippen MR) is 132 cm³/mol. The van der Waals surface area contributed by atoms with Gasteiger partial charge in [-0.3, -0.25) is 14.5 Å². The molecular weight excluding hydrogens is 442 g/mol. The van der Waals surface area contributed by atoms with Gasteiger partial charge in [-0.05, 0) is 41.5 Å². The SMILES string of the molecule is CC(C)[C@H]1CO[Si](c2ccccc2)(c2ccccc2)OC[C@@H]2C[C@@]34CCCC[C@@]23C(=O)N1C4=O. The average Bonchev–Trinajstić information content (AvgIpc) is 2.98. The Morgan fingerprint density at radius 1 is 0.853 bits per heavy atom. The van der Waals surface area contributed by atoms with Gasteiger partial charge >= 0.3 is 8.56 Å². The minimum atomic E-state index is -3.06. The molecule has 6 heteroatoms. The van der Waals surface area contributed by atoms with E-state index >= 15 is 0 Å². The van der Waals surface area contributed by atoms with E-state index < -0.39 is 19.4 Å². The Bertz CT molecular complexity index is 1070. The van der Waals surface area contributed by atoms with Gasteiger partial charge in [-0.1, -0.05) is 87.4 Å². The van der Waals surface area contributed by atoms with E-state index in [1.54, 1.807) is 4.90 Å². The summed E-state index contributed by atoms with van der Waals surface area (Å²) < 4.78 is 13.9. The molecule has 2 saturated heterocycles. The highest BCUT2D eigenvalue weighted by Gasteiger charge is 2.79. The molecule has 5 nitrogen and oxygen atoms in total. The number of carbonyl (C=O) groups is 2. The first-order valence-electron chi connectivity index (χ1n) is 12.7. The largest absolute Gasteiger partial charge is 0.407 e. The third-order valence-corrected chi connectivity index (χ3v) is 12.5. The van der Waals surface area contributed by atoms with Gasteiger partial charge in [0.25, 0.3) is 0 Å². The summed E-state index contributed by atoms with van der Waals surface area (Å²) in [6.45, 7) is 4.93. The molecule has 2 aromatic rings. The number of carbonyl (C=O) groups excluding carboxylic acids is 2. The number of amides is 2. The van der Waals surface area contributed by atoms with E-state index in [2.05, 4.69) is 38.1 Å². The lowest BCUT2D eigenvalue weighted by atomic mass is 9.40. The minimum Gasteiger partial charge on any atom is -0.387 e. The molecule has 4 atom stereocenters. The maximum atomic E-state index is 14.0. The maximum Gasteiger partial charge on any atom is 0.407 e. The van der Waals surface area contributed by atoms with Crippen molar-refractivity contribution >= 4 is 30.7 Å². The molecule has 4 aliphatic rings. The summed E-state index contributed by atoms with van der Waals surface area (Å²) in [6.07, 6.45) is 4.42. The van der Waals surface area contributed by atoms with Crippen LogP contribution in [0.5, 0.6) is 0 Å². The fourth-order valence-electron chi connectivity index (χ4n) is 7.39. The molecule has 0 unspecified atom stereocenters. The van der Waals surface area contributed by atoms with Crippen LogP contribution in [-0.2, 0) is 18.4 Å². The van der Waals surface area contributed by atoms with E-state index in [1.807, 2.05) is 36.4 Å². The summed E-state index contributed by atoms with van der Waals surface area (Å²) in [7, 11) is -3.06. The smallest absolute Gasteiger partial charge is 0.387 e. The number of fused-ring (bicyclic) bond motifs is 1. The van der Waals surface area contributed by atoms with Gasteiger partial charge in [0.2, 0.25) is 11.8 Å². The van der Waals surface area contributed by atoms with Crippen LogP contribution < -0.4 is 10.4 Å².